The van der Waals surface area contributed by atoms with E-state index in [1.807, 2.05) is 11.8 Å². The Morgan fingerprint density at radius 1 is 1.09 bits per heavy atom. The van der Waals surface area contributed by atoms with Gasteiger partial charge in [0.1, 0.15) is 0 Å². The molecule has 0 bridgehead atoms. The molecule has 176 valence electrons. The number of rotatable bonds is 5. The predicted molar refractivity (Wildman–Crippen MR) is 126 cm³/mol. The minimum absolute atomic E-state index is 0.0122. The Labute approximate surface area is 197 Å². The van der Waals surface area contributed by atoms with Gasteiger partial charge in [-0.25, -0.2) is 10.2 Å². The van der Waals surface area contributed by atoms with E-state index in [-0.39, 0.29) is 24.9 Å². The molecular weight excluding hydrogens is 446 g/mol. The predicted octanol–water partition coefficient (Wildman–Crippen LogP) is 2.30. The van der Waals surface area contributed by atoms with Crippen LogP contribution in [0.15, 0.2) is 48.5 Å². The number of carbonyl (C=O) groups excluding carboxylic acids is 2. The fourth-order valence-corrected chi connectivity index (χ4v) is 4.46. The number of aliphatic hydroxyl groups excluding tert-OH is 1. The van der Waals surface area contributed by atoms with Crippen LogP contribution in [0, 0.1) is 5.21 Å². The largest absolute Gasteiger partial charge is 0.606 e. The van der Waals surface area contributed by atoms with E-state index in [1.54, 1.807) is 48.5 Å². The number of amides is 3. The Morgan fingerprint density at radius 3 is 2.39 bits per heavy atom. The molecular formula is C23H28ClN5O4. The van der Waals surface area contributed by atoms with E-state index in [0.717, 1.165) is 19.4 Å². The van der Waals surface area contributed by atoms with E-state index < -0.39 is 23.5 Å². The maximum atomic E-state index is 12.9. The molecule has 4 N–H and O–H groups in total. The highest BCUT2D eigenvalue weighted by atomic mass is 35.5. The molecule has 2 fully saturated rings. The maximum absolute atomic E-state index is 12.9. The van der Waals surface area contributed by atoms with E-state index in [0.29, 0.717) is 22.0 Å². The number of anilines is 2. The molecule has 0 spiro atoms. The average Bonchev–Trinajstić information content (AvgIpc) is 3.41. The average molecular weight is 474 g/mol. The monoisotopic (exact) mass is 473 g/mol. The van der Waals surface area contributed by atoms with E-state index in [2.05, 4.69) is 10.7 Å². The molecule has 2 aromatic carbocycles. The number of urea groups is 1. The van der Waals surface area contributed by atoms with Gasteiger partial charge < -0.3 is 20.5 Å². The summed E-state index contributed by atoms with van der Waals surface area (Å²) < 4.78 is 0. The van der Waals surface area contributed by atoms with Crippen molar-refractivity contribution in [3.05, 3.63) is 64.3 Å². The van der Waals surface area contributed by atoms with Crippen molar-refractivity contribution in [3.8, 4) is 0 Å². The van der Waals surface area contributed by atoms with Gasteiger partial charge >= 0.3 is 6.03 Å². The third-order valence-electron chi connectivity index (χ3n) is 6.15. The van der Waals surface area contributed by atoms with Crippen molar-refractivity contribution in [2.24, 2.45) is 0 Å². The number of hydrogen-bond donors (Lipinski definition) is 4. The number of halogens is 1. The SMILES string of the molecule is C[C@@H]1CCCN1C(=O)c1ccc(N[NH+]([O-])[C@H]2C[C@@H](O)CN2C(=O)Nc2ccc(Cl)cc2)cc1. The summed E-state index contributed by atoms with van der Waals surface area (Å²) in [6, 6.07) is 13.1. The Morgan fingerprint density at radius 2 is 1.76 bits per heavy atom. The topological polar surface area (TPSA) is 112 Å². The number of hydroxylamine groups is 1. The minimum atomic E-state index is -0.820. The molecule has 4 rings (SSSR count). The van der Waals surface area contributed by atoms with Crippen LogP contribution in [0.4, 0.5) is 16.2 Å². The van der Waals surface area contributed by atoms with Crippen LogP contribution in [0.3, 0.4) is 0 Å². The molecule has 10 heteroatoms. The van der Waals surface area contributed by atoms with Crippen molar-refractivity contribution >= 4 is 34.9 Å². The van der Waals surface area contributed by atoms with Gasteiger partial charge in [-0.05, 0) is 68.3 Å². The summed E-state index contributed by atoms with van der Waals surface area (Å²) in [5, 5.41) is 25.9. The van der Waals surface area contributed by atoms with Crippen LogP contribution < -0.4 is 15.9 Å². The lowest BCUT2D eigenvalue weighted by molar-refractivity contribution is -0.863. The van der Waals surface area contributed by atoms with Gasteiger partial charge in [0.25, 0.3) is 5.91 Å². The molecule has 1 unspecified atom stereocenters. The molecule has 2 aromatic rings. The highest BCUT2D eigenvalue weighted by Crippen LogP contribution is 2.21. The molecule has 0 saturated carbocycles. The second kappa shape index (κ2) is 9.96. The van der Waals surface area contributed by atoms with Crippen LogP contribution in [0.5, 0.6) is 0 Å². The first-order chi connectivity index (χ1) is 15.8. The number of aliphatic hydroxyl groups is 1. The van der Waals surface area contributed by atoms with Crippen LogP contribution in [0.2, 0.25) is 5.02 Å². The molecule has 0 radical (unpaired) electrons. The third kappa shape index (κ3) is 5.39. The van der Waals surface area contributed by atoms with Gasteiger partial charge in [-0.1, -0.05) is 11.6 Å². The lowest BCUT2D eigenvalue weighted by Crippen LogP contribution is -3.16. The fraction of sp³-hybridized carbons (Fsp3) is 0.391. The van der Waals surface area contributed by atoms with Gasteiger partial charge in [0.15, 0.2) is 6.17 Å². The number of quaternary nitrogens is 1. The molecule has 2 saturated heterocycles. The molecule has 2 aliphatic heterocycles. The first-order valence-corrected chi connectivity index (χ1v) is 11.4. The molecule has 0 aromatic heterocycles. The number of benzene rings is 2. The Bertz CT molecular complexity index is 987. The van der Waals surface area contributed by atoms with Gasteiger partial charge in [-0.15, -0.1) is 0 Å². The maximum Gasteiger partial charge on any atom is 0.326 e. The summed E-state index contributed by atoms with van der Waals surface area (Å²) in [4.78, 5) is 28.6. The quantitative estimate of drug-likeness (QED) is 0.498. The summed E-state index contributed by atoms with van der Waals surface area (Å²) in [5.41, 5.74) is 4.42. The Kier molecular flexibility index (Phi) is 7.04. The molecule has 33 heavy (non-hydrogen) atoms. The van der Waals surface area contributed by atoms with Crippen LogP contribution in [0.25, 0.3) is 0 Å². The van der Waals surface area contributed by atoms with E-state index >= 15 is 0 Å². The number of carbonyl (C=O) groups is 2. The molecule has 0 aliphatic carbocycles. The standard InChI is InChI=1S/C23H28ClN5O4/c1-15-3-2-12-27(15)22(31)16-4-8-19(9-5-16)26-29(33)21-13-20(30)14-28(21)23(32)25-18-10-6-17(24)7-11-18/h4-11,15,20-21,26,29-30H,2-3,12-14H2,1H3,(H,25,32)/t15-,20-,21+/m1/s1. The van der Waals surface area contributed by atoms with E-state index in [9.17, 15) is 19.9 Å². The van der Waals surface area contributed by atoms with Crippen molar-refractivity contribution in [2.75, 3.05) is 23.8 Å². The Balaban J connectivity index is 1.39. The normalized spacial score (nSPS) is 23.5. The van der Waals surface area contributed by atoms with Gasteiger partial charge in [-0.2, -0.15) is 0 Å². The van der Waals surface area contributed by atoms with Gasteiger partial charge in [0.05, 0.1) is 24.8 Å². The van der Waals surface area contributed by atoms with Gasteiger partial charge in [0.2, 0.25) is 0 Å². The number of nitrogens with zero attached hydrogens (tertiary/aromatic N) is 2. The van der Waals surface area contributed by atoms with Crippen LogP contribution in [-0.2, 0) is 0 Å². The van der Waals surface area contributed by atoms with Gasteiger partial charge in [-0.3, -0.25) is 14.9 Å². The lowest BCUT2D eigenvalue weighted by Gasteiger charge is -2.34. The first kappa shape index (κ1) is 23.3. The third-order valence-corrected chi connectivity index (χ3v) is 6.40. The zero-order chi connectivity index (χ0) is 23.5. The zero-order valence-corrected chi connectivity index (χ0v) is 19.1. The van der Waals surface area contributed by atoms with Crippen molar-refractivity contribution in [2.45, 2.75) is 44.5 Å². The number of likely N-dealkylation sites (tertiary alicyclic amines) is 2. The molecule has 2 aliphatic rings. The van der Waals surface area contributed by atoms with Crippen molar-refractivity contribution < 1.29 is 19.9 Å². The zero-order valence-electron chi connectivity index (χ0n) is 18.3. The van der Waals surface area contributed by atoms with Crippen molar-refractivity contribution in [1.29, 1.82) is 0 Å². The summed E-state index contributed by atoms with van der Waals surface area (Å²) in [7, 11) is 0. The van der Waals surface area contributed by atoms with Crippen LogP contribution >= 0.6 is 11.6 Å². The van der Waals surface area contributed by atoms with Crippen LogP contribution in [-0.4, -0.2) is 58.2 Å². The number of nitrogens with one attached hydrogen (secondary N) is 3. The number of β-amino-alcohol motifs (C(OH)–C–C–N with tert-alkyl or cyclic N) is 1. The van der Waals surface area contributed by atoms with E-state index in [1.165, 1.54) is 4.90 Å². The number of hydrogen-bond acceptors (Lipinski definition) is 5. The Hall–Kier alpha value is -2.85. The summed E-state index contributed by atoms with van der Waals surface area (Å²) >= 11 is 5.87. The fourth-order valence-electron chi connectivity index (χ4n) is 4.34. The molecule has 2 heterocycles. The minimum Gasteiger partial charge on any atom is -0.606 e. The molecule has 9 nitrogen and oxygen atoms in total. The summed E-state index contributed by atoms with van der Waals surface area (Å²) in [6.07, 6.45) is 0.549. The smallest absolute Gasteiger partial charge is 0.326 e. The highest BCUT2D eigenvalue weighted by molar-refractivity contribution is 6.30. The molecule has 3 amide bonds. The van der Waals surface area contributed by atoms with Crippen molar-refractivity contribution in [3.63, 3.8) is 0 Å². The van der Waals surface area contributed by atoms with Gasteiger partial charge in [0, 0.05) is 28.9 Å². The highest BCUT2D eigenvalue weighted by Gasteiger charge is 2.39. The first-order valence-electron chi connectivity index (χ1n) is 11.0. The van der Waals surface area contributed by atoms with Crippen LogP contribution in [0.1, 0.15) is 36.5 Å². The summed E-state index contributed by atoms with van der Waals surface area (Å²) in [5.74, 6) is -0.0122. The second-order valence-electron chi connectivity index (χ2n) is 8.55. The summed E-state index contributed by atoms with van der Waals surface area (Å²) in [6.45, 7) is 2.86. The molecule has 4 atom stereocenters. The lowest BCUT2D eigenvalue weighted by atomic mass is 10.1. The van der Waals surface area contributed by atoms with Crippen molar-refractivity contribution in [1.82, 2.24) is 9.80 Å². The second-order valence-corrected chi connectivity index (χ2v) is 8.99. The van der Waals surface area contributed by atoms with E-state index in [4.69, 9.17) is 11.6 Å².